The molecule has 2 fully saturated rings. The average molecular weight is 210 g/mol. The molecule has 0 radical (unpaired) electrons. The first-order chi connectivity index (χ1) is 7.34. The number of rotatable bonds is 5. The molecule has 2 heteroatoms. The Morgan fingerprint density at radius 1 is 1.13 bits per heavy atom. The Hall–Kier alpha value is -0.0800. The van der Waals surface area contributed by atoms with Gasteiger partial charge >= 0.3 is 0 Å². The highest BCUT2D eigenvalue weighted by Gasteiger charge is 2.19. The fraction of sp³-hybridized carbons (Fsp3) is 1.00. The van der Waals surface area contributed by atoms with E-state index in [1.807, 2.05) is 0 Å². The second kappa shape index (κ2) is 5.86. The van der Waals surface area contributed by atoms with Gasteiger partial charge in [-0.1, -0.05) is 19.3 Å². The molecule has 0 amide bonds. The van der Waals surface area contributed by atoms with Crippen molar-refractivity contribution in [2.75, 3.05) is 33.2 Å². The predicted octanol–water partition coefficient (Wildman–Crippen LogP) is 2.11. The van der Waals surface area contributed by atoms with E-state index in [9.17, 15) is 0 Å². The van der Waals surface area contributed by atoms with E-state index >= 15 is 0 Å². The Morgan fingerprint density at radius 2 is 1.93 bits per heavy atom. The summed E-state index contributed by atoms with van der Waals surface area (Å²) in [4.78, 5) is 2.55. The van der Waals surface area contributed by atoms with E-state index in [1.165, 1.54) is 64.7 Å². The van der Waals surface area contributed by atoms with E-state index in [0.717, 1.165) is 11.8 Å². The minimum Gasteiger partial charge on any atom is -0.316 e. The largest absolute Gasteiger partial charge is 0.316 e. The van der Waals surface area contributed by atoms with Crippen LogP contribution in [0.1, 0.15) is 38.5 Å². The van der Waals surface area contributed by atoms with Crippen LogP contribution < -0.4 is 5.32 Å². The van der Waals surface area contributed by atoms with Crippen LogP contribution in [0, 0.1) is 11.8 Å². The summed E-state index contributed by atoms with van der Waals surface area (Å²) in [7, 11) is 2.30. The number of hydrogen-bond acceptors (Lipinski definition) is 2. The summed E-state index contributed by atoms with van der Waals surface area (Å²) in [6.07, 6.45) is 8.73. The van der Waals surface area contributed by atoms with Gasteiger partial charge in [-0.3, -0.25) is 0 Å². The van der Waals surface area contributed by atoms with E-state index in [4.69, 9.17) is 0 Å². The van der Waals surface area contributed by atoms with Gasteiger partial charge in [-0.05, 0) is 57.8 Å². The minimum absolute atomic E-state index is 0.908. The Labute approximate surface area is 94.4 Å². The van der Waals surface area contributed by atoms with Gasteiger partial charge in [0.05, 0.1) is 0 Å². The number of piperidine rings is 1. The van der Waals surface area contributed by atoms with Crippen LogP contribution in [0.3, 0.4) is 0 Å². The monoisotopic (exact) mass is 210 g/mol. The van der Waals surface area contributed by atoms with E-state index in [-0.39, 0.29) is 0 Å². The third kappa shape index (κ3) is 3.76. The van der Waals surface area contributed by atoms with Crippen molar-refractivity contribution in [2.45, 2.75) is 38.5 Å². The Kier molecular flexibility index (Phi) is 4.45. The van der Waals surface area contributed by atoms with Gasteiger partial charge in [0, 0.05) is 6.54 Å². The maximum Gasteiger partial charge on any atom is 0.00187 e. The molecular weight excluding hydrogens is 184 g/mol. The van der Waals surface area contributed by atoms with Crippen LogP contribution >= 0.6 is 0 Å². The lowest BCUT2D eigenvalue weighted by atomic mass is 9.83. The van der Waals surface area contributed by atoms with Crippen LogP contribution in [0.2, 0.25) is 0 Å². The van der Waals surface area contributed by atoms with Crippen molar-refractivity contribution in [2.24, 2.45) is 11.8 Å². The lowest BCUT2D eigenvalue weighted by Crippen LogP contribution is -2.37. The summed E-state index contributed by atoms with van der Waals surface area (Å²) in [5.41, 5.74) is 0. The van der Waals surface area contributed by atoms with Gasteiger partial charge in [0.2, 0.25) is 0 Å². The summed E-state index contributed by atoms with van der Waals surface area (Å²) in [5.74, 6) is 1.97. The summed E-state index contributed by atoms with van der Waals surface area (Å²) in [6, 6.07) is 0. The minimum atomic E-state index is 0.908. The van der Waals surface area contributed by atoms with Gasteiger partial charge in [0.15, 0.2) is 0 Å². The third-order valence-electron chi connectivity index (χ3n) is 4.11. The lowest BCUT2D eigenvalue weighted by Gasteiger charge is -2.30. The molecule has 88 valence electrons. The van der Waals surface area contributed by atoms with Crippen LogP contribution in [-0.4, -0.2) is 38.1 Å². The molecule has 0 aromatic rings. The molecule has 1 saturated heterocycles. The summed E-state index contributed by atoms with van der Waals surface area (Å²) in [5, 5.41) is 3.50. The first-order valence-corrected chi connectivity index (χ1v) is 6.74. The predicted molar refractivity (Wildman–Crippen MR) is 65.0 cm³/mol. The van der Waals surface area contributed by atoms with E-state index in [2.05, 4.69) is 17.3 Å². The number of hydrogen-bond donors (Lipinski definition) is 1. The van der Waals surface area contributed by atoms with Crippen LogP contribution in [0.4, 0.5) is 0 Å². The molecule has 0 spiro atoms. The molecule has 15 heavy (non-hydrogen) atoms. The molecule has 1 aliphatic heterocycles. The molecule has 2 rings (SSSR count). The van der Waals surface area contributed by atoms with Crippen molar-refractivity contribution in [3.8, 4) is 0 Å². The lowest BCUT2D eigenvalue weighted by molar-refractivity contribution is 0.205. The third-order valence-corrected chi connectivity index (χ3v) is 4.11. The number of nitrogens with one attached hydrogen (secondary N) is 1. The second-order valence-electron chi connectivity index (χ2n) is 5.56. The Morgan fingerprint density at radius 3 is 2.53 bits per heavy atom. The summed E-state index contributed by atoms with van der Waals surface area (Å²) in [6.45, 7) is 5.11. The molecule has 0 aromatic heterocycles. The normalized spacial score (nSPS) is 28.0. The first kappa shape index (κ1) is 11.4. The maximum absolute atomic E-state index is 3.50. The average Bonchev–Trinajstić information content (AvgIpc) is 2.17. The molecule has 1 atom stereocenters. The van der Waals surface area contributed by atoms with Crippen molar-refractivity contribution in [3.63, 3.8) is 0 Å². The summed E-state index contributed by atoms with van der Waals surface area (Å²) >= 11 is 0. The molecule has 1 unspecified atom stereocenters. The SMILES string of the molecule is CN(CCC1CCC1)CC1CCCNC1. The van der Waals surface area contributed by atoms with Gasteiger partial charge < -0.3 is 10.2 Å². The van der Waals surface area contributed by atoms with Gasteiger partial charge in [-0.15, -0.1) is 0 Å². The van der Waals surface area contributed by atoms with Crippen LogP contribution in [0.5, 0.6) is 0 Å². The maximum atomic E-state index is 3.50. The molecule has 2 aliphatic rings. The van der Waals surface area contributed by atoms with Crippen molar-refractivity contribution in [1.82, 2.24) is 10.2 Å². The highest BCUT2D eigenvalue weighted by atomic mass is 15.1. The molecular formula is C13H26N2. The van der Waals surface area contributed by atoms with Gasteiger partial charge in [0.1, 0.15) is 0 Å². The van der Waals surface area contributed by atoms with Crippen molar-refractivity contribution in [3.05, 3.63) is 0 Å². The zero-order valence-corrected chi connectivity index (χ0v) is 10.2. The van der Waals surface area contributed by atoms with Crippen LogP contribution in [0.25, 0.3) is 0 Å². The van der Waals surface area contributed by atoms with Gasteiger partial charge in [0.25, 0.3) is 0 Å². The van der Waals surface area contributed by atoms with Gasteiger partial charge in [-0.2, -0.15) is 0 Å². The first-order valence-electron chi connectivity index (χ1n) is 6.74. The highest BCUT2D eigenvalue weighted by Crippen LogP contribution is 2.29. The molecule has 1 aliphatic carbocycles. The standard InChI is InChI=1S/C13H26N2/c1-15(9-7-12-4-2-5-12)11-13-6-3-8-14-10-13/h12-14H,2-11H2,1H3. The van der Waals surface area contributed by atoms with Crippen LogP contribution in [0.15, 0.2) is 0 Å². The fourth-order valence-corrected chi connectivity index (χ4v) is 2.80. The molecule has 1 N–H and O–H groups in total. The highest BCUT2D eigenvalue weighted by molar-refractivity contribution is 4.74. The topological polar surface area (TPSA) is 15.3 Å². The fourth-order valence-electron chi connectivity index (χ4n) is 2.80. The quantitative estimate of drug-likeness (QED) is 0.747. The van der Waals surface area contributed by atoms with Gasteiger partial charge in [-0.25, -0.2) is 0 Å². The molecule has 1 saturated carbocycles. The molecule has 0 aromatic carbocycles. The van der Waals surface area contributed by atoms with Crippen molar-refractivity contribution >= 4 is 0 Å². The number of nitrogens with zero attached hydrogens (tertiary/aromatic N) is 1. The zero-order valence-electron chi connectivity index (χ0n) is 10.2. The van der Waals surface area contributed by atoms with E-state index < -0.39 is 0 Å². The molecule has 2 nitrogen and oxygen atoms in total. The smallest absolute Gasteiger partial charge is 0.00187 e. The molecule has 0 bridgehead atoms. The molecule has 1 heterocycles. The zero-order chi connectivity index (χ0) is 10.5. The summed E-state index contributed by atoms with van der Waals surface area (Å²) < 4.78 is 0. The van der Waals surface area contributed by atoms with E-state index in [0.29, 0.717) is 0 Å². The van der Waals surface area contributed by atoms with E-state index in [1.54, 1.807) is 0 Å². The Balaban J connectivity index is 1.56. The van der Waals surface area contributed by atoms with Crippen molar-refractivity contribution < 1.29 is 0 Å². The van der Waals surface area contributed by atoms with Crippen molar-refractivity contribution in [1.29, 1.82) is 0 Å². The Bertz CT molecular complexity index is 171. The van der Waals surface area contributed by atoms with Crippen LogP contribution in [-0.2, 0) is 0 Å². The second-order valence-corrected chi connectivity index (χ2v) is 5.56.